The van der Waals surface area contributed by atoms with E-state index in [9.17, 15) is 9.90 Å². The minimum absolute atomic E-state index is 0.0511. The van der Waals surface area contributed by atoms with Gasteiger partial charge in [0.25, 0.3) is 0 Å². The number of aliphatic hydroxyl groups excluding tert-OH is 1. The predicted molar refractivity (Wildman–Crippen MR) is 94.2 cm³/mol. The minimum atomic E-state index is -0.710. The normalized spacial score (nSPS) is 14.2. The van der Waals surface area contributed by atoms with E-state index in [0.29, 0.717) is 0 Å². The van der Waals surface area contributed by atoms with Crippen LogP contribution >= 0.6 is 0 Å². The van der Waals surface area contributed by atoms with Gasteiger partial charge in [-0.3, -0.25) is 9.69 Å². The van der Waals surface area contributed by atoms with Gasteiger partial charge in [0.15, 0.2) is 0 Å². The lowest BCUT2D eigenvalue weighted by molar-refractivity contribution is -0.127. The fraction of sp³-hybridized carbons (Fsp3) is 0.421. The van der Waals surface area contributed by atoms with E-state index in [4.69, 9.17) is 0 Å². The van der Waals surface area contributed by atoms with Gasteiger partial charge in [0, 0.05) is 6.54 Å². The van der Waals surface area contributed by atoms with E-state index in [0.717, 1.165) is 16.3 Å². The van der Waals surface area contributed by atoms with E-state index in [-0.39, 0.29) is 24.4 Å². The first-order valence-electron chi connectivity index (χ1n) is 8.01. The summed E-state index contributed by atoms with van der Waals surface area (Å²) >= 11 is 0. The van der Waals surface area contributed by atoms with Crippen LogP contribution in [0.4, 0.5) is 0 Å². The number of hydrogen-bond acceptors (Lipinski definition) is 3. The molecule has 4 nitrogen and oxygen atoms in total. The summed E-state index contributed by atoms with van der Waals surface area (Å²) in [6, 6.07) is 13.7. The lowest BCUT2D eigenvalue weighted by Crippen LogP contribution is -2.47. The molecule has 0 heterocycles. The smallest absolute Gasteiger partial charge is 0.237 e. The van der Waals surface area contributed by atoms with Gasteiger partial charge in [0.2, 0.25) is 5.91 Å². The molecule has 2 N–H and O–H groups in total. The molecule has 0 radical (unpaired) electrons. The van der Waals surface area contributed by atoms with Crippen molar-refractivity contribution in [3.05, 3.63) is 48.0 Å². The first-order chi connectivity index (χ1) is 10.9. The first-order valence-corrected chi connectivity index (χ1v) is 8.01. The number of nitrogens with zero attached hydrogens (tertiary/aromatic N) is 1. The number of rotatable bonds is 6. The Bertz CT molecular complexity index is 659. The molecule has 2 atom stereocenters. The number of carbonyl (C=O) groups excluding carboxylic acids is 1. The van der Waals surface area contributed by atoms with E-state index in [1.165, 1.54) is 0 Å². The zero-order chi connectivity index (χ0) is 17.0. The molecule has 0 aliphatic heterocycles. The highest BCUT2D eigenvalue weighted by Gasteiger charge is 2.24. The van der Waals surface area contributed by atoms with Crippen molar-refractivity contribution < 1.29 is 9.90 Å². The topological polar surface area (TPSA) is 52.6 Å². The van der Waals surface area contributed by atoms with E-state index in [1.807, 2.05) is 75.3 Å². The second-order valence-corrected chi connectivity index (χ2v) is 6.52. The second-order valence-electron chi connectivity index (χ2n) is 6.52. The van der Waals surface area contributed by atoms with Gasteiger partial charge >= 0.3 is 0 Å². The SMILES string of the molecule is CC(C)C(C(=O)NCC(O)c1ccc2ccccc2c1)N(C)C. The van der Waals surface area contributed by atoms with Crippen molar-refractivity contribution in [3.63, 3.8) is 0 Å². The number of aliphatic hydroxyl groups is 1. The summed E-state index contributed by atoms with van der Waals surface area (Å²) in [4.78, 5) is 14.2. The van der Waals surface area contributed by atoms with Gasteiger partial charge in [0.1, 0.15) is 0 Å². The Balaban J connectivity index is 2.03. The Morgan fingerprint density at radius 2 is 1.78 bits per heavy atom. The van der Waals surface area contributed by atoms with Gasteiger partial charge in [-0.1, -0.05) is 50.2 Å². The average Bonchev–Trinajstić information content (AvgIpc) is 2.51. The van der Waals surface area contributed by atoms with Crippen molar-refractivity contribution in [1.29, 1.82) is 0 Å². The molecule has 23 heavy (non-hydrogen) atoms. The second kappa shape index (κ2) is 7.57. The maximum Gasteiger partial charge on any atom is 0.237 e. The van der Waals surface area contributed by atoms with Crippen molar-refractivity contribution >= 4 is 16.7 Å². The molecule has 1 amide bonds. The highest BCUT2D eigenvalue weighted by Crippen LogP contribution is 2.20. The third-order valence-electron chi connectivity index (χ3n) is 4.08. The van der Waals surface area contributed by atoms with Crippen LogP contribution in [0, 0.1) is 5.92 Å². The highest BCUT2D eigenvalue weighted by atomic mass is 16.3. The largest absolute Gasteiger partial charge is 0.387 e. The molecule has 0 bridgehead atoms. The van der Waals surface area contributed by atoms with Gasteiger partial charge < -0.3 is 10.4 Å². The number of carbonyl (C=O) groups is 1. The van der Waals surface area contributed by atoms with E-state index >= 15 is 0 Å². The third-order valence-corrected chi connectivity index (χ3v) is 4.08. The van der Waals surface area contributed by atoms with Gasteiger partial charge in [-0.25, -0.2) is 0 Å². The minimum Gasteiger partial charge on any atom is -0.387 e. The Morgan fingerprint density at radius 3 is 2.39 bits per heavy atom. The van der Waals surface area contributed by atoms with E-state index < -0.39 is 6.10 Å². The maximum absolute atomic E-state index is 12.3. The summed E-state index contributed by atoms with van der Waals surface area (Å²) in [7, 11) is 3.79. The number of amides is 1. The van der Waals surface area contributed by atoms with Crippen molar-refractivity contribution in [2.75, 3.05) is 20.6 Å². The molecule has 0 fully saturated rings. The molecule has 0 saturated carbocycles. The maximum atomic E-state index is 12.3. The quantitative estimate of drug-likeness (QED) is 0.861. The molecule has 0 aliphatic carbocycles. The molecule has 0 spiro atoms. The molecule has 0 aliphatic rings. The highest BCUT2D eigenvalue weighted by molar-refractivity contribution is 5.83. The molecular weight excluding hydrogens is 288 g/mol. The van der Waals surface area contributed by atoms with E-state index in [1.54, 1.807) is 0 Å². The van der Waals surface area contributed by atoms with Crippen LogP contribution in [-0.4, -0.2) is 42.6 Å². The number of hydrogen-bond donors (Lipinski definition) is 2. The molecule has 0 aromatic heterocycles. The fourth-order valence-electron chi connectivity index (χ4n) is 2.97. The molecule has 2 aromatic rings. The summed E-state index contributed by atoms with van der Waals surface area (Å²) in [5, 5.41) is 15.4. The van der Waals surface area contributed by atoms with Gasteiger partial charge in [-0.15, -0.1) is 0 Å². The number of fused-ring (bicyclic) bond motifs is 1. The lowest BCUT2D eigenvalue weighted by Gasteiger charge is -2.27. The average molecular weight is 314 g/mol. The van der Waals surface area contributed by atoms with Crippen LogP contribution < -0.4 is 5.32 Å². The van der Waals surface area contributed by atoms with Crippen LogP contribution in [0.15, 0.2) is 42.5 Å². The zero-order valence-corrected chi connectivity index (χ0v) is 14.3. The Kier molecular flexibility index (Phi) is 5.74. The Hall–Kier alpha value is -1.91. The van der Waals surface area contributed by atoms with Gasteiger partial charge in [-0.05, 0) is 42.4 Å². The van der Waals surface area contributed by atoms with Crippen LogP contribution in [0.1, 0.15) is 25.5 Å². The summed E-state index contributed by atoms with van der Waals surface area (Å²) < 4.78 is 0. The van der Waals surface area contributed by atoms with Crippen molar-refractivity contribution in [2.45, 2.75) is 26.0 Å². The molecule has 2 rings (SSSR count). The predicted octanol–water partition coefficient (Wildman–Crippen LogP) is 2.58. The zero-order valence-electron chi connectivity index (χ0n) is 14.3. The summed E-state index contributed by atoms with van der Waals surface area (Å²) in [5.74, 6) is 0.160. The van der Waals surface area contributed by atoms with Crippen LogP contribution in [-0.2, 0) is 4.79 Å². The van der Waals surface area contributed by atoms with Crippen LogP contribution in [0.5, 0.6) is 0 Å². The first kappa shape index (κ1) is 17.4. The molecule has 0 saturated heterocycles. The molecular formula is C19H26N2O2. The third kappa shape index (κ3) is 4.30. The molecule has 4 heteroatoms. The lowest BCUT2D eigenvalue weighted by atomic mass is 10.0. The monoisotopic (exact) mass is 314 g/mol. The summed E-state index contributed by atoms with van der Waals surface area (Å²) in [6.07, 6.45) is -0.710. The van der Waals surface area contributed by atoms with Crippen LogP contribution in [0.2, 0.25) is 0 Å². The number of nitrogens with one attached hydrogen (secondary N) is 1. The van der Waals surface area contributed by atoms with Crippen molar-refractivity contribution in [1.82, 2.24) is 10.2 Å². The molecule has 124 valence electrons. The fourth-order valence-corrected chi connectivity index (χ4v) is 2.97. The van der Waals surface area contributed by atoms with Gasteiger partial charge in [-0.2, -0.15) is 0 Å². The Morgan fingerprint density at radius 1 is 1.13 bits per heavy atom. The van der Waals surface area contributed by atoms with Crippen molar-refractivity contribution in [3.8, 4) is 0 Å². The molecule has 2 aromatic carbocycles. The summed E-state index contributed by atoms with van der Waals surface area (Å²) in [5.41, 5.74) is 0.815. The van der Waals surface area contributed by atoms with E-state index in [2.05, 4.69) is 5.32 Å². The van der Waals surface area contributed by atoms with Crippen molar-refractivity contribution in [2.24, 2.45) is 5.92 Å². The summed E-state index contributed by atoms with van der Waals surface area (Å²) in [6.45, 7) is 4.25. The molecule has 2 unspecified atom stereocenters. The number of benzene rings is 2. The van der Waals surface area contributed by atoms with Crippen LogP contribution in [0.3, 0.4) is 0 Å². The Labute approximate surface area is 138 Å². The number of likely N-dealkylation sites (N-methyl/N-ethyl adjacent to an activating group) is 1. The van der Waals surface area contributed by atoms with Gasteiger partial charge in [0.05, 0.1) is 12.1 Å². The van der Waals surface area contributed by atoms with Crippen LogP contribution in [0.25, 0.3) is 10.8 Å². The standard InChI is InChI=1S/C19H26N2O2/c1-13(2)18(21(3)4)19(23)20-12-17(22)16-10-9-14-7-5-6-8-15(14)11-16/h5-11,13,17-18,22H,12H2,1-4H3,(H,20,23).